The monoisotopic (exact) mass is 841 g/mol. The van der Waals surface area contributed by atoms with E-state index < -0.39 is 79.9 Å². The number of sulfonamides is 1. The Bertz CT molecular complexity index is 2270. The molecule has 0 bridgehead atoms. The number of nitrogens with one attached hydrogen (secondary N) is 3. The average molecular weight is 842 g/mol. The van der Waals surface area contributed by atoms with E-state index in [1.807, 2.05) is 35.1 Å². The zero-order valence-electron chi connectivity index (χ0n) is 34.7. The van der Waals surface area contributed by atoms with Crippen molar-refractivity contribution in [2.75, 3.05) is 6.54 Å². The number of carbonyl (C=O) groups is 4. The maximum absolute atomic E-state index is 14.9. The molecule has 3 aliphatic rings. The number of allylic oxidation sites excluding steroid dienone is 2. The van der Waals surface area contributed by atoms with Gasteiger partial charge in [-0.25, -0.2) is 22.9 Å². The van der Waals surface area contributed by atoms with Crippen LogP contribution in [0.4, 0.5) is 4.79 Å². The number of fused-ring (bicyclic) bond motifs is 3. The van der Waals surface area contributed by atoms with Crippen LogP contribution in [0.1, 0.15) is 90.3 Å². The Morgan fingerprint density at radius 3 is 2.45 bits per heavy atom. The second-order valence-electron chi connectivity index (χ2n) is 16.8. The number of pyridine rings is 1. The summed E-state index contributed by atoms with van der Waals surface area (Å²) in [5.41, 5.74) is -2.86. The lowest BCUT2D eigenvalue weighted by Gasteiger charge is -2.36. The molecule has 15 heteroatoms. The first-order valence-electron chi connectivity index (χ1n) is 20.1. The summed E-state index contributed by atoms with van der Waals surface area (Å²) in [7, 11) is -4.26. The third-order valence-electron chi connectivity index (χ3n) is 11.2. The number of aromatic nitrogens is 1. The van der Waals surface area contributed by atoms with Gasteiger partial charge in [-0.3, -0.25) is 14.4 Å². The van der Waals surface area contributed by atoms with E-state index in [1.165, 1.54) is 17.9 Å². The second-order valence-corrected chi connectivity index (χ2v) is 19.0. The summed E-state index contributed by atoms with van der Waals surface area (Å²) in [6, 6.07) is 4.70. The SMILES string of the molecule is C#C[C@@H](C=C)[C@@](C#C)(NC(=O)[C@@H]1C[C@]2(CCc3c(c(CO)nc4ccccc34)O2)CN1C(=O)[C@H](/C=C/CCCCC=C)NC(=O)OC(C)(C)C)C(=O)NS(=O)(=O)C1(C)CC1. The van der Waals surface area contributed by atoms with Gasteiger partial charge < -0.3 is 30.1 Å². The summed E-state index contributed by atoms with van der Waals surface area (Å²) in [5, 5.41) is 16.5. The molecule has 5 rings (SSSR count). The fourth-order valence-corrected chi connectivity index (χ4v) is 8.85. The third kappa shape index (κ3) is 9.53. The zero-order valence-corrected chi connectivity index (χ0v) is 35.5. The number of hydrogen-bond acceptors (Lipinski definition) is 10. The minimum absolute atomic E-state index is 0.139. The van der Waals surface area contributed by atoms with Crippen molar-refractivity contribution in [1.29, 1.82) is 0 Å². The van der Waals surface area contributed by atoms with Gasteiger partial charge in [0, 0.05) is 17.4 Å². The van der Waals surface area contributed by atoms with Crippen molar-refractivity contribution in [1.82, 2.24) is 25.2 Å². The van der Waals surface area contributed by atoms with Gasteiger partial charge in [0.25, 0.3) is 5.91 Å². The highest BCUT2D eigenvalue weighted by Gasteiger charge is 2.57. The molecule has 4 N–H and O–H groups in total. The van der Waals surface area contributed by atoms with Gasteiger partial charge in [0.1, 0.15) is 34.7 Å². The molecule has 1 aromatic heterocycles. The van der Waals surface area contributed by atoms with E-state index in [1.54, 1.807) is 26.8 Å². The normalized spacial score (nSPS) is 21.2. The van der Waals surface area contributed by atoms with Crippen molar-refractivity contribution in [3.05, 3.63) is 73.0 Å². The number of rotatable bonds is 16. The molecule has 3 heterocycles. The van der Waals surface area contributed by atoms with Gasteiger partial charge in [0.2, 0.25) is 21.8 Å². The molecule has 1 aromatic carbocycles. The Morgan fingerprint density at radius 2 is 1.83 bits per heavy atom. The fourth-order valence-electron chi connectivity index (χ4n) is 7.56. The molecule has 0 radical (unpaired) electrons. The molecule has 60 heavy (non-hydrogen) atoms. The van der Waals surface area contributed by atoms with Crippen LogP contribution in [0, 0.1) is 30.6 Å². The second kappa shape index (κ2) is 17.9. The lowest BCUT2D eigenvalue weighted by molar-refractivity contribution is -0.141. The molecule has 2 aromatic rings. The number of alkyl carbamates (subject to hydrolysis) is 1. The van der Waals surface area contributed by atoms with E-state index in [-0.39, 0.29) is 18.7 Å². The maximum Gasteiger partial charge on any atom is 0.408 e. The minimum atomic E-state index is -4.26. The lowest BCUT2D eigenvalue weighted by atomic mass is 9.83. The van der Waals surface area contributed by atoms with E-state index in [4.69, 9.17) is 22.3 Å². The number of terminal acetylenes is 2. The Kier molecular flexibility index (Phi) is 13.6. The quantitative estimate of drug-likeness (QED) is 0.106. The van der Waals surface area contributed by atoms with E-state index in [2.05, 4.69) is 40.6 Å². The molecule has 2 fully saturated rings. The zero-order chi connectivity index (χ0) is 44.1. The van der Waals surface area contributed by atoms with E-state index in [0.29, 0.717) is 43.4 Å². The number of aryl methyl sites for hydroxylation is 1. The van der Waals surface area contributed by atoms with Gasteiger partial charge in [-0.2, -0.15) is 0 Å². The summed E-state index contributed by atoms with van der Waals surface area (Å²) in [6.45, 7) is 13.3. The van der Waals surface area contributed by atoms with Gasteiger partial charge in [-0.1, -0.05) is 54.3 Å². The van der Waals surface area contributed by atoms with Gasteiger partial charge in [0.05, 0.1) is 29.3 Å². The molecular formula is C45H55N5O9S. The summed E-state index contributed by atoms with van der Waals surface area (Å²) >= 11 is 0. The van der Waals surface area contributed by atoms with Crippen LogP contribution < -0.4 is 20.1 Å². The average Bonchev–Trinajstić information content (AvgIpc) is 3.87. The number of para-hydroxylation sites is 1. The summed E-state index contributed by atoms with van der Waals surface area (Å²) in [6.07, 6.45) is 21.4. The number of carbonyl (C=O) groups excluding carboxylic acids is 4. The standard InChI is InChI=1S/C45H55N5O9S/c1-9-13-14-15-16-17-22-34(47-41(55)59-42(5,6)7)39(53)50-29-44(24-23-32-31-20-18-19-21-33(31)46-35(28-51)37(32)58-44)27-36(50)38(52)48-45(12-4,30(10-2)11-3)40(54)49-60(56,57)43(8)25-26-43/h2,4,9,11,17-22,30,34,36,51H,1,3,13-16,23-29H2,5-8H3,(H,47,55)(H,48,52)(H,49,54)/b22-17+/t30-,34-,36-,44+,45+/m0/s1. The van der Waals surface area contributed by atoms with Crippen LogP contribution in [0.25, 0.3) is 10.9 Å². The summed E-state index contributed by atoms with van der Waals surface area (Å²) < 4.78 is 39.6. The summed E-state index contributed by atoms with van der Waals surface area (Å²) in [5.74, 6) is 0.625. The highest BCUT2D eigenvalue weighted by Crippen LogP contribution is 2.45. The van der Waals surface area contributed by atoms with Crippen LogP contribution >= 0.6 is 0 Å². The molecule has 1 saturated carbocycles. The van der Waals surface area contributed by atoms with Crippen LogP contribution in [0.3, 0.4) is 0 Å². The smallest absolute Gasteiger partial charge is 0.408 e. The van der Waals surface area contributed by atoms with Crippen molar-refractivity contribution < 1.29 is 42.2 Å². The predicted molar refractivity (Wildman–Crippen MR) is 227 cm³/mol. The van der Waals surface area contributed by atoms with Crippen LogP contribution in [0.2, 0.25) is 0 Å². The Labute approximate surface area is 352 Å². The first-order chi connectivity index (χ1) is 28.3. The molecule has 5 atom stereocenters. The first kappa shape index (κ1) is 45.4. The van der Waals surface area contributed by atoms with Crippen molar-refractivity contribution in [2.24, 2.45) is 5.92 Å². The van der Waals surface area contributed by atoms with E-state index in [9.17, 15) is 32.7 Å². The van der Waals surface area contributed by atoms with Crippen molar-refractivity contribution in [3.8, 4) is 30.4 Å². The van der Waals surface area contributed by atoms with E-state index >= 15 is 0 Å². The number of hydrogen-bond donors (Lipinski definition) is 4. The molecular weight excluding hydrogens is 787 g/mol. The largest absolute Gasteiger partial charge is 0.483 e. The molecule has 1 spiro atoms. The number of unbranched alkanes of at least 4 members (excludes halogenated alkanes) is 3. The van der Waals surface area contributed by atoms with Gasteiger partial charge in [0.15, 0.2) is 5.54 Å². The van der Waals surface area contributed by atoms with Crippen LogP contribution in [0.5, 0.6) is 5.75 Å². The first-order valence-corrected chi connectivity index (χ1v) is 21.5. The number of amides is 4. The predicted octanol–water partition coefficient (Wildman–Crippen LogP) is 4.51. The molecule has 320 valence electrons. The maximum atomic E-state index is 14.9. The number of nitrogens with zero attached hydrogens (tertiary/aromatic N) is 2. The van der Waals surface area contributed by atoms with Crippen molar-refractivity contribution in [2.45, 2.75) is 126 Å². The molecule has 4 amide bonds. The highest BCUT2D eigenvalue weighted by atomic mass is 32.2. The molecule has 2 aliphatic heterocycles. The Hall–Kier alpha value is -5.64. The Balaban J connectivity index is 1.57. The van der Waals surface area contributed by atoms with Crippen molar-refractivity contribution in [3.63, 3.8) is 0 Å². The van der Waals surface area contributed by atoms with Gasteiger partial charge in [-0.15, -0.1) is 26.0 Å². The lowest BCUT2D eigenvalue weighted by Crippen LogP contribution is -2.65. The molecule has 1 saturated heterocycles. The van der Waals surface area contributed by atoms with Gasteiger partial charge >= 0.3 is 6.09 Å². The van der Waals surface area contributed by atoms with Crippen LogP contribution in [-0.2, 0) is 42.2 Å². The molecule has 0 unspecified atom stereocenters. The van der Waals surface area contributed by atoms with Crippen LogP contribution in [-0.4, -0.2) is 87.3 Å². The highest BCUT2D eigenvalue weighted by molar-refractivity contribution is 7.91. The molecule has 14 nitrogen and oxygen atoms in total. The number of likely N-dealkylation sites (tertiary alicyclic amines) is 1. The van der Waals surface area contributed by atoms with Gasteiger partial charge in [-0.05, 0) is 85.1 Å². The number of ether oxygens (including phenoxy) is 2. The topological polar surface area (TPSA) is 193 Å². The molecule has 1 aliphatic carbocycles. The number of aliphatic hydroxyl groups is 1. The number of benzene rings is 1. The number of aliphatic hydroxyl groups excluding tert-OH is 1. The van der Waals surface area contributed by atoms with Crippen LogP contribution in [0.15, 0.2) is 61.7 Å². The fraction of sp³-hybridized carbons (Fsp3) is 0.489. The Morgan fingerprint density at radius 1 is 1.13 bits per heavy atom. The minimum Gasteiger partial charge on any atom is -0.483 e. The van der Waals surface area contributed by atoms with Crippen molar-refractivity contribution >= 4 is 44.7 Å². The third-order valence-corrected chi connectivity index (χ3v) is 13.4. The van der Waals surface area contributed by atoms with E-state index in [0.717, 1.165) is 36.3 Å². The summed E-state index contributed by atoms with van der Waals surface area (Å²) in [4.78, 5) is 62.9.